The van der Waals surface area contributed by atoms with Crippen molar-refractivity contribution >= 4 is 11.7 Å². The van der Waals surface area contributed by atoms with Crippen LogP contribution in [0.1, 0.15) is 22.0 Å². The van der Waals surface area contributed by atoms with E-state index in [0.717, 1.165) is 6.33 Å². The summed E-state index contributed by atoms with van der Waals surface area (Å²) >= 11 is 0. The Bertz CT molecular complexity index is 445. The van der Waals surface area contributed by atoms with Gasteiger partial charge in [-0.25, -0.2) is 9.97 Å². The number of carbonyl (C=O) groups excluding carboxylic acids is 1. The summed E-state index contributed by atoms with van der Waals surface area (Å²) in [5, 5.41) is 2.47. The van der Waals surface area contributed by atoms with Crippen molar-refractivity contribution in [3.63, 3.8) is 0 Å². The average Bonchev–Trinajstić information content (AvgIpc) is 2.59. The fourth-order valence-electron chi connectivity index (χ4n) is 1.64. The molecule has 0 bridgehead atoms. The largest absolute Gasteiger partial charge is 0.397 e. The van der Waals surface area contributed by atoms with Crippen molar-refractivity contribution in [1.82, 2.24) is 9.97 Å². The third kappa shape index (κ3) is 1.55. The quantitative estimate of drug-likeness (QED) is 0.744. The van der Waals surface area contributed by atoms with Gasteiger partial charge in [-0.3, -0.25) is 4.79 Å². The van der Waals surface area contributed by atoms with E-state index in [9.17, 15) is 18.0 Å². The maximum absolute atomic E-state index is 12.6. The van der Waals surface area contributed by atoms with Crippen LogP contribution >= 0.6 is 0 Å². The highest BCUT2D eigenvalue weighted by Crippen LogP contribution is 2.42. The molecule has 0 saturated heterocycles. The molecule has 1 aromatic rings. The van der Waals surface area contributed by atoms with Gasteiger partial charge in [-0.05, 0) is 0 Å². The molecule has 1 aromatic heterocycles. The van der Waals surface area contributed by atoms with Gasteiger partial charge in [0, 0.05) is 12.1 Å². The number of nitrogens with two attached hydrogens (primary N) is 1. The first-order valence-corrected chi connectivity index (χ1v) is 4.36. The lowest BCUT2D eigenvalue weighted by atomic mass is 10.0. The molecule has 5 nitrogen and oxygen atoms in total. The molecule has 1 atom stereocenters. The number of rotatable bonds is 1. The van der Waals surface area contributed by atoms with E-state index in [1.54, 1.807) is 0 Å². The number of fused-ring (bicyclic) bond motifs is 1. The van der Waals surface area contributed by atoms with Gasteiger partial charge in [0.05, 0.1) is 0 Å². The van der Waals surface area contributed by atoms with Crippen LogP contribution in [-0.4, -0.2) is 28.6 Å². The number of hydrogen-bond donors (Lipinski definition) is 2. The van der Waals surface area contributed by atoms with Gasteiger partial charge in [0.2, 0.25) is 0 Å². The zero-order valence-corrected chi connectivity index (χ0v) is 7.88. The fourth-order valence-corrected chi connectivity index (χ4v) is 1.64. The van der Waals surface area contributed by atoms with Crippen LogP contribution in [0.2, 0.25) is 0 Å². The number of primary amides is 1. The number of nitrogens with one attached hydrogen (secondary N) is 1. The summed E-state index contributed by atoms with van der Waals surface area (Å²) in [5.41, 5.74) is 4.33. The second-order valence-electron chi connectivity index (χ2n) is 3.32. The Morgan fingerprint density at radius 3 is 2.75 bits per heavy atom. The summed E-state index contributed by atoms with van der Waals surface area (Å²) in [5.74, 6) is -2.76. The molecule has 0 fully saturated rings. The van der Waals surface area contributed by atoms with Crippen LogP contribution in [0, 0.1) is 0 Å². The van der Waals surface area contributed by atoms with Crippen molar-refractivity contribution < 1.29 is 18.0 Å². The van der Waals surface area contributed by atoms with Crippen molar-refractivity contribution in [3.8, 4) is 0 Å². The second kappa shape index (κ2) is 3.32. The average molecular weight is 232 g/mol. The van der Waals surface area contributed by atoms with Gasteiger partial charge >= 0.3 is 6.18 Å². The minimum absolute atomic E-state index is 0.0196. The van der Waals surface area contributed by atoms with Crippen LogP contribution in [-0.2, 0) is 0 Å². The van der Waals surface area contributed by atoms with Crippen LogP contribution in [0.15, 0.2) is 6.33 Å². The van der Waals surface area contributed by atoms with Gasteiger partial charge in [-0.1, -0.05) is 0 Å². The molecular weight excluding hydrogens is 225 g/mol. The van der Waals surface area contributed by atoms with Gasteiger partial charge in [0.25, 0.3) is 5.91 Å². The lowest BCUT2D eigenvalue weighted by Crippen LogP contribution is -2.25. The van der Waals surface area contributed by atoms with Gasteiger partial charge in [-0.2, -0.15) is 13.2 Å². The highest BCUT2D eigenvalue weighted by molar-refractivity contribution is 5.94. The zero-order chi connectivity index (χ0) is 11.9. The minimum Gasteiger partial charge on any atom is -0.369 e. The Morgan fingerprint density at radius 2 is 2.19 bits per heavy atom. The SMILES string of the molecule is NC(=O)c1ncnc2c1C(C(F)(F)F)CN2. The smallest absolute Gasteiger partial charge is 0.369 e. The summed E-state index contributed by atoms with van der Waals surface area (Å²) in [7, 11) is 0. The van der Waals surface area contributed by atoms with E-state index < -0.39 is 18.0 Å². The number of halogens is 3. The van der Waals surface area contributed by atoms with Crippen molar-refractivity contribution in [2.24, 2.45) is 5.73 Å². The molecule has 1 amide bonds. The molecule has 0 radical (unpaired) electrons. The van der Waals surface area contributed by atoms with Gasteiger partial charge in [0.15, 0.2) is 0 Å². The molecule has 8 heteroatoms. The molecule has 1 unspecified atom stereocenters. The first-order chi connectivity index (χ1) is 7.41. The molecule has 0 spiro atoms. The van der Waals surface area contributed by atoms with Crippen molar-refractivity contribution in [1.29, 1.82) is 0 Å². The Balaban J connectivity index is 2.56. The second-order valence-corrected chi connectivity index (χ2v) is 3.32. The monoisotopic (exact) mass is 232 g/mol. The van der Waals surface area contributed by atoms with Crippen LogP contribution in [0.25, 0.3) is 0 Å². The van der Waals surface area contributed by atoms with Crippen LogP contribution < -0.4 is 11.1 Å². The molecule has 2 rings (SSSR count). The Kier molecular flexibility index (Phi) is 2.21. The molecule has 0 saturated carbocycles. The van der Waals surface area contributed by atoms with Crippen molar-refractivity contribution in [2.45, 2.75) is 12.1 Å². The molecule has 0 aromatic carbocycles. The number of amides is 1. The van der Waals surface area contributed by atoms with Crippen molar-refractivity contribution in [2.75, 3.05) is 11.9 Å². The Morgan fingerprint density at radius 1 is 1.50 bits per heavy atom. The predicted octanol–water partition coefficient (Wildman–Crippen LogP) is 0.647. The number of aromatic nitrogens is 2. The predicted molar refractivity (Wildman–Crippen MR) is 47.8 cm³/mol. The maximum atomic E-state index is 12.6. The van der Waals surface area contributed by atoms with E-state index in [4.69, 9.17) is 5.73 Å². The molecule has 1 aliphatic rings. The first kappa shape index (κ1) is 10.7. The standard InChI is InChI=1S/C8H7F3N4O/c9-8(10,11)3-1-13-7-4(3)5(6(12)16)14-2-15-7/h2-3H,1H2,(H2,12,16)(H,13,14,15). The molecule has 1 aliphatic heterocycles. The molecule has 86 valence electrons. The zero-order valence-electron chi connectivity index (χ0n) is 7.88. The topological polar surface area (TPSA) is 80.9 Å². The van der Waals surface area contributed by atoms with Crippen molar-refractivity contribution in [3.05, 3.63) is 17.6 Å². The van der Waals surface area contributed by atoms with E-state index in [1.165, 1.54) is 0 Å². The third-order valence-corrected chi connectivity index (χ3v) is 2.33. The van der Waals surface area contributed by atoms with Gasteiger partial charge in [-0.15, -0.1) is 0 Å². The highest BCUT2D eigenvalue weighted by atomic mass is 19.4. The number of carbonyl (C=O) groups is 1. The van der Waals surface area contributed by atoms with Gasteiger partial charge in [0.1, 0.15) is 23.8 Å². The molecular formula is C8H7F3N4O. The van der Waals surface area contributed by atoms with Crippen LogP contribution in [0.4, 0.5) is 19.0 Å². The van der Waals surface area contributed by atoms with E-state index in [0.29, 0.717) is 0 Å². The lowest BCUT2D eigenvalue weighted by Gasteiger charge is -2.15. The Labute approximate surface area is 87.9 Å². The summed E-state index contributed by atoms with van der Waals surface area (Å²) in [6, 6.07) is 0. The highest BCUT2D eigenvalue weighted by Gasteiger charge is 2.47. The third-order valence-electron chi connectivity index (χ3n) is 2.33. The maximum Gasteiger partial charge on any atom is 0.397 e. The number of alkyl halides is 3. The molecule has 16 heavy (non-hydrogen) atoms. The van der Waals surface area contributed by atoms with E-state index in [2.05, 4.69) is 15.3 Å². The summed E-state index contributed by atoms with van der Waals surface area (Å²) in [6.45, 7) is -0.349. The van der Waals surface area contributed by atoms with E-state index in [-0.39, 0.29) is 23.6 Å². The van der Waals surface area contributed by atoms with Gasteiger partial charge < -0.3 is 11.1 Å². The van der Waals surface area contributed by atoms with Crippen LogP contribution in [0.5, 0.6) is 0 Å². The number of nitrogens with zero attached hydrogens (tertiary/aromatic N) is 2. The summed E-state index contributed by atoms with van der Waals surface area (Å²) in [4.78, 5) is 18.1. The van der Waals surface area contributed by atoms with Crippen LogP contribution in [0.3, 0.4) is 0 Å². The van der Waals surface area contributed by atoms with E-state index in [1.807, 2.05) is 0 Å². The normalized spacial score (nSPS) is 19.1. The number of hydrogen-bond acceptors (Lipinski definition) is 4. The first-order valence-electron chi connectivity index (χ1n) is 4.36. The number of anilines is 1. The Hall–Kier alpha value is -1.86. The summed E-state index contributed by atoms with van der Waals surface area (Å²) in [6.07, 6.45) is -3.45. The fraction of sp³-hybridized carbons (Fsp3) is 0.375. The minimum atomic E-state index is -4.45. The molecule has 2 heterocycles. The molecule has 3 N–H and O–H groups in total. The lowest BCUT2D eigenvalue weighted by molar-refractivity contribution is -0.146. The summed E-state index contributed by atoms with van der Waals surface area (Å²) < 4.78 is 37.9. The van der Waals surface area contributed by atoms with E-state index >= 15 is 0 Å². The molecule has 0 aliphatic carbocycles.